The number of hydrogen-bond acceptors (Lipinski definition) is 10. The van der Waals surface area contributed by atoms with E-state index in [1.54, 1.807) is 6.92 Å². The number of methoxy groups -OCH3 is 1. The summed E-state index contributed by atoms with van der Waals surface area (Å²) < 4.78 is 51.4. The lowest BCUT2D eigenvalue weighted by molar-refractivity contribution is -0.0267. The molecule has 55 heavy (non-hydrogen) atoms. The van der Waals surface area contributed by atoms with Crippen LogP contribution in [0.5, 0.6) is 17.6 Å². The van der Waals surface area contributed by atoms with Crippen LogP contribution < -0.4 is 14.4 Å². The lowest BCUT2D eigenvalue weighted by Crippen LogP contribution is -2.55. The Labute approximate surface area is 320 Å². The number of hydrogen-bond donors (Lipinski definition) is 2. The van der Waals surface area contributed by atoms with Gasteiger partial charge in [-0.05, 0) is 94.8 Å². The Kier molecular flexibility index (Phi) is 9.06. The number of anilines is 1. The summed E-state index contributed by atoms with van der Waals surface area (Å²) in [5.74, 6) is 1.13. The smallest absolute Gasteiger partial charge is 0.319 e. The third-order valence-corrected chi connectivity index (χ3v) is 13.3. The van der Waals surface area contributed by atoms with Crippen molar-refractivity contribution in [1.82, 2.24) is 19.9 Å². The molecule has 2 aliphatic carbocycles. The fourth-order valence-corrected chi connectivity index (χ4v) is 10.9. The standard InChI is InChI=1S/C43H49F2N5O5/c1-4-29-31(44)12-11-26-20-28(51)21-30(33(26)29)36-35(45)37-34(39(46-36)53-3)38(49-18-8-13-41(2,52)24-49)48-40(47-37)54-25-42-14-7-10-32(42)50(19-9-15-42)27-22-43(55-23-27)16-5-6-17-43/h1,11-12,20-21,27,32,51-52H,5-10,13-19,22-25H2,2-3H3. The van der Waals surface area contributed by atoms with Crippen LogP contribution in [0.1, 0.15) is 89.5 Å². The lowest BCUT2D eigenvalue weighted by atomic mass is 9.74. The predicted molar refractivity (Wildman–Crippen MR) is 205 cm³/mol. The Bertz CT molecular complexity index is 2200. The van der Waals surface area contributed by atoms with Crippen LogP contribution in [0.2, 0.25) is 0 Å². The largest absolute Gasteiger partial charge is 0.508 e. The van der Waals surface area contributed by atoms with E-state index in [0.717, 1.165) is 64.5 Å². The van der Waals surface area contributed by atoms with Gasteiger partial charge in [0.2, 0.25) is 5.88 Å². The fourth-order valence-electron chi connectivity index (χ4n) is 10.9. The summed E-state index contributed by atoms with van der Waals surface area (Å²) in [5.41, 5.74) is -1.36. The van der Waals surface area contributed by atoms with Crippen molar-refractivity contribution in [3.63, 3.8) is 0 Å². The zero-order chi connectivity index (χ0) is 38.1. The molecule has 4 aromatic rings. The van der Waals surface area contributed by atoms with Gasteiger partial charge in [0.1, 0.15) is 34.0 Å². The molecule has 5 fully saturated rings. The fraction of sp³-hybridized carbons (Fsp3) is 0.558. The second-order valence-electron chi connectivity index (χ2n) is 17.0. The maximum absolute atomic E-state index is 17.3. The Morgan fingerprint density at radius 2 is 1.80 bits per heavy atom. The SMILES string of the molecule is C#Cc1c(F)ccc2cc(O)cc(-c3nc(OC)c4c(N5CCCC(C)(O)C5)nc(OCC56CCCC5N(C5COC7(CCCC7)C5)CCC6)nc4c3F)c12. The number of aromatic nitrogens is 3. The molecule has 5 heterocycles. The number of likely N-dealkylation sites (tertiary alicyclic amines) is 1. The number of nitrogens with zero attached hydrogens (tertiary/aromatic N) is 5. The van der Waals surface area contributed by atoms with Crippen molar-refractivity contribution >= 4 is 27.5 Å². The molecule has 5 aliphatic rings. The topological polar surface area (TPSA) is 113 Å². The molecule has 290 valence electrons. The van der Waals surface area contributed by atoms with Gasteiger partial charge in [0.15, 0.2) is 5.82 Å². The second-order valence-corrected chi connectivity index (χ2v) is 17.0. The van der Waals surface area contributed by atoms with Crippen LogP contribution in [0.15, 0.2) is 24.3 Å². The number of ether oxygens (including phenoxy) is 3. The molecule has 2 aromatic heterocycles. The Hall–Kier alpha value is -4.31. The molecule has 0 bridgehead atoms. The van der Waals surface area contributed by atoms with E-state index in [1.165, 1.54) is 44.2 Å². The minimum absolute atomic E-state index is 0.0215. The zero-order valence-electron chi connectivity index (χ0n) is 31.7. The number of benzene rings is 2. The van der Waals surface area contributed by atoms with E-state index >= 15 is 8.78 Å². The highest BCUT2D eigenvalue weighted by atomic mass is 19.1. The average molecular weight is 754 g/mol. The van der Waals surface area contributed by atoms with Crippen LogP contribution in [0.4, 0.5) is 14.6 Å². The van der Waals surface area contributed by atoms with E-state index < -0.39 is 17.2 Å². The van der Waals surface area contributed by atoms with Crippen LogP contribution >= 0.6 is 0 Å². The van der Waals surface area contributed by atoms with Gasteiger partial charge in [-0.3, -0.25) is 4.90 Å². The third-order valence-electron chi connectivity index (χ3n) is 13.3. The number of piperidine rings is 2. The van der Waals surface area contributed by atoms with E-state index in [0.29, 0.717) is 49.3 Å². The molecule has 2 saturated carbocycles. The van der Waals surface area contributed by atoms with Crippen molar-refractivity contribution in [2.24, 2.45) is 5.41 Å². The maximum Gasteiger partial charge on any atom is 0.319 e. The summed E-state index contributed by atoms with van der Waals surface area (Å²) in [6.45, 7) is 4.81. The summed E-state index contributed by atoms with van der Waals surface area (Å²) in [6, 6.07) is 6.23. The molecule has 4 atom stereocenters. The molecular formula is C43H49F2N5O5. The average Bonchev–Trinajstić information content (AvgIpc) is 3.94. The van der Waals surface area contributed by atoms with E-state index in [9.17, 15) is 10.2 Å². The van der Waals surface area contributed by atoms with Crippen molar-refractivity contribution < 1.29 is 33.2 Å². The maximum atomic E-state index is 17.3. The van der Waals surface area contributed by atoms with Crippen LogP contribution in [0.3, 0.4) is 0 Å². The quantitative estimate of drug-likeness (QED) is 0.187. The first-order valence-electron chi connectivity index (χ1n) is 19.9. The van der Waals surface area contributed by atoms with Crippen molar-refractivity contribution in [2.45, 2.75) is 107 Å². The predicted octanol–water partition coefficient (Wildman–Crippen LogP) is 7.29. The van der Waals surface area contributed by atoms with Gasteiger partial charge in [0, 0.05) is 41.5 Å². The second kappa shape index (κ2) is 13.7. The van der Waals surface area contributed by atoms with Crippen molar-refractivity contribution in [3.8, 4) is 41.2 Å². The van der Waals surface area contributed by atoms with Gasteiger partial charge in [0.25, 0.3) is 0 Å². The molecule has 2 aromatic carbocycles. The van der Waals surface area contributed by atoms with Crippen molar-refractivity contribution in [2.75, 3.05) is 44.9 Å². The molecule has 1 spiro atoms. The van der Waals surface area contributed by atoms with Crippen LogP contribution in [0.25, 0.3) is 32.9 Å². The van der Waals surface area contributed by atoms with Gasteiger partial charge in [-0.1, -0.05) is 31.2 Å². The number of phenolic OH excluding ortho intramolecular Hbond substituents is 1. The molecule has 0 radical (unpaired) electrons. The van der Waals surface area contributed by atoms with E-state index in [4.69, 9.17) is 30.6 Å². The number of aromatic hydroxyl groups is 1. The van der Waals surface area contributed by atoms with Gasteiger partial charge < -0.3 is 29.3 Å². The Morgan fingerprint density at radius 1 is 1.00 bits per heavy atom. The van der Waals surface area contributed by atoms with Crippen molar-refractivity contribution in [3.05, 3.63) is 41.5 Å². The molecule has 3 aliphatic heterocycles. The molecule has 2 N–H and O–H groups in total. The Morgan fingerprint density at radius 3 is 2.58 bits per heavy atom. The van der Waals surface area contributed by atoms with E-state index in [1.807, 2.05) is 4.90 Å². The van der Waals surface area contributed by atoms with Gasteiger partial charge in [-0.15, -0.1) is 6.42 Å². The highest BCUT2D eigenvalue weighted by Gasteiger charge is 2.53. The normalized spacial score (nSPS) is 27.9. The first kappa shape index (κ1) is 36.3. The number of rotatable bonds is 7. The van der Waals surface area contributed by atoms with E-state index in [2.05, 4.69) is 15.8 Å². The van der Waals surface area contributed by atoms with E-state index in [-0.39, 0.29) is 68.3 Å². The molecule has 9 rings (SSSR count). The number of fused-ring (bicyclic) bond motifs is 3. The molecule has 0 amide bonds. The van der Waals surface area contributed by atoms with Gasteiger partial charge in [0.05, 0.1) is 37.1 Å². The Balaban J connectivity index is 1.14. The van der Waals surface area contributed by atoms with Crippen LogP contribution in [0, 0.1) is 29.4 Å². The summed E-state index contributed by atoms with van der Waals surface area (Å²) >= 11 is 0. The molecule has 12 heteroatoms. The minimum Gasteiger partial charge on any atom is -0.508 e. The zero-order valence-corrected chi connectivity index (χ0v) is 31.7. The molecular weight excluding hydrogens is 704 g/mol. The number of terminal acetylenes is 1. The minimum atomic E-state index is -1.01. The summed E-state index contributed by atoms with van der Waals surface area (Å²) in [5, 5.41) is 22.8. The number of β-amino-alcohol motifs (C(OH)–C–C–N with tert-alkyl or cyclic N) is 1. The summed E-state index contributed by atoms with van der Waals surface area (Å²) in [4.78, 5) is 18.9. The first-order valence-corrected chi connectivity index (χ1v) is 19.9. The van der Waals surface area contributed by atoms with Crippen molar-refractivity contribution in [1.29, 1.82) is 0 Å². The number of phenols is 1. The summed E-state index contributed by atoms with van der Waals surface area (Å²) in [6.07, 6.45) is 18.3. The molecule has 3 saturated heterocycles. The third kappa shape index (κ3) is 6.23. The summed E-state index contributed by atoms with van der Waals surface area (Å²) in [7, 11) is 1.43. The lowest BCUT2D eigenvalue weighted by Gasteiger charge is -2.48. The molecule has 10 nitrogen and oxygen atoms in total. The first-order chi connectivity index (χ1) is 26.5. The molecule has 4 unspecified atom stereocenters. The number of halogens is 2. The van der Waals surface area contributed by atoms with Gasteiger partial charge >= 0.3 is 6.01 Å². The number of aliphatic hydroxyl groups is 1. The highest BCUT2D eigenvalue weighted by Crippen LogP contribution is 2.51. The number of pyridine rings is 1. The van der Waals surface area contributed by atoms with Gasteiger partial charge in [-0.25, -0.2) is 13.8 Å². The van der Waals surface area contributed by atoms with Crippen LogP contribution in [-0.2, 0) is 4.74 Å². The monoisotopic (exact) mass is 753 g/mol. The van der Waals surface area contributed by atoms with Crippen LogP contribution in [-0.4, -0.2) is 93.3 Å². The highest BCUT2D eigenvalue weighted by molar-refractivity contribution is 6.04. The van der Waals surface area contributed by atoms with Gasteiger partial charge in [-0.2, -0.15) is 9.97 Å².